The summed E-state index contributed by atoms with van der Waals surface area (Å²) >= 11 is 0. The van der Waals surface area contributed by atoms with E-state index < -0.39 is 12.1 Å². The van der Waals surface area contributed by atoms with Crippen molar-refractivity contribution >= 4 is 5.97 Å². The Morgan fingerprint density at radius 1 is 1.11 bits per heavy atom. The number of morpholine rings is 1. The van der Waals surface area contributed by atoms with Gasteiger partial charge in [-0.15, -0.1) is 0 Å². The summed E-state index contributed by atoms with van der Waals surface area (Å²) in [4.78, 5) is 13.1. The normalized spacial score (nSPS) is 24.5. The van der Waals surface area contributed by atoms with Gasteiger partial charge in [-0.1, -0.05) is 48.6 Å². The SMILES string of the molecule is COc1cccc(-c2ccc(CO[C@H]3C[C@H](O)[C@H](N4CCOCC4)[C@H]3CC=CCCCC(=O)O)cc2)c1. The highest BCUT2D eigenvalue weighted by atomic mass is 16.5. The Bertz CT molecular complexity index is 1020. The molecule has 2 fully saturated rings. The van der Waals surface area contributed by atoms with Crippen LogP contribution in [0.25, 0.3) is 11.1 Å². The molecule has 1 aliphatic carbocycles. The molecule has 1 aliphatic heterocycles. The van der Waals surface area contributed by atoms with Crippen LogP contribution in [0.1, 0.15) is 37.7 Å². The molecule has 1 saturated carbocycles. The van der Waals surface area contributed by atoms with E-state index in [9.17, 15) is 9.90 Å². The number of aliphatic hydroxyl groups is 1. The van der Waals surface area contributed by atoms with Gasteiger partial charge >= 0.3 is 5.97 Å². The number of benzene rings is 2. The number of nitrogens with zero attached hydrogens (tertiary/aromatic N) is 1. The minimum Gasteiger partial charge on any atom is -0.497 e. The highest BCUT2D eigenvalue weighted by Gasteiger charge is 2.45. The quantitative estimate of drug-likeness (QED) is 0.321. The Morgan fingerprint density at radius 2 is 1.89 bits per heavy atom. The van der Waals surface area contributed by atoms with Crippen molar-refractivity contribution in [3.05, 3.63) is 66.2 Å². The molecule has 0 unspecified atom stereocenters. The standard InChI is InChI=1S/C30H39NO6/c1-35-25-8-6-7-24(19-25)23-13-11-22(12-14-23)21-37-28-20-27(32)30(31-15-17-36-18-16-31)26(28)9-4-2-3-5-10-29(33)34/h2,4,6-8,11-14,19,26-28,30,32H,3,5,9-10,15-18,20-21H2,1H3,(H,33,34)/t26-,27-,28-,30+/m0/s1. The number of hydrogen-bond acceptors (Lipinski definition) is 6. The van der Waals surface area contributed by atoms with Crippen LogP contribution >= 0.6 is 0 Å². The van der Waals surface area contributed by atoms with Gasteiger partial charge < -0.3 is 24.4 Å². The lowest BCUT2D eigenvalue weighted by atomic mass is 9.94. The third-order valence-electron chi connectivity index (χ3n) is 7.41. The second-order valence-corrected chi connectivity index (χ2v) is 9.88. The van der Waals surface area contributed by atoms with Crippen molar-refractivity contribution in [2.75, 3.05) is 33.4 Å². The zero-order valence-electron chi connectivity index (χ0n) is 21.6. The van der Waals surface area contributed by atoms with Gasteiger partial charge in [0.2, 0.25) is 0 Å². The summed E-state index contributed by atoms with van der Waals surface area (Å²) in [6.07, 6.45) is 6.69. The monoisotopic (exact) mass is 509 g/mol. The second-order valence-electron chi connectivity index (χ2n) is 9.88. The van der Waals surface area contributed by atoms with Crippen LogP contribution in [0.2, 0.25) is 0 Å². The van der Waals surface area contributed by atoms with E-state index in [1.807, 2.05) is 18.2 Å². The van der Waals surface area contributed by atoms with Crippen molar-refractivity contribution in [3.63, 3.8) is 0 Å². The first kappa shape index (κ1) is 27.3. The molecule has 0 amide bonds. The summed E-state index contributed by atoms with van der Waals surface area (Å²) in [5.41, 5.74) is 3.32. The molecule has 4 atom stereocenters. The minimum atomic E-state index is -0.760. The maximum absolute atomic E-state index is 11.0. The van der Waals surface area contributed by atoms with Crippen LogP contribution < -0.4 is 4.74 Å². The fraction of sp³-hybridized carbons (Fsp3) is 0.500. The van der Waals surface area contributed by atoms with Crippen LogP contribution in [0, 0.1) is 5.92 Å². The van der Waals surface area contributed by atoms with Crippen LogP contribution in [0.5, 0.6) is 5.75 Å². The predicted octanol–water partition coefficient (Wildman–Crippen LogP) is 4.53. The van der Waals surface area contributed by atoms with Gasteiger partial charge in [0.25, 0.3) is 0 Å². The molecular formula is C30H39NO6. The number of ether oxygens (including phenoxy) is 3. The van der Waals surface area contributed by atoms with Gasteiger partial charge in [-0.25, -0.2) is 0 Å². The minimum absolute atomic E-state index is 0.0352. The number of aliphatic hydroxyl groups excluding tert-OH is 1. The Labute approximate surface area is 219 Å². The number of hydrogen-bond donors (Lipinski definition) is 2. The molecule has 0 aromatic heterocycles. The molecule has 0 bridgehead atoms. The number of allylic oxidation sites excluding steroid dienone is 2. The summed E-state index contributed by atoms with van der Waals surface area (Å²) in [6, 6.07) is 16.4. The van der Waals surface area contributed by atoms with Crippen LogP contribution in [-0.4, -0.2) is 72.7 Å². The first-order valence-electron chi connectivity index (χ1n) is 13.3. The first-order chi connectivity index (χ1) is 18.0. The Hall–Kier alpha value is -2.71. The Morgan fingerprint density at radius 3 is 2.62 bits per heavy atom. The fourth-order valence-corrected chi connectivity index (χ4v) is 5.47. The van der Waals surface area contributed by atoms with Crippen LogP contribution in [0.4, 0.5) is 0 Å². The topological polar surface area (TPSA) is 88.5 Å². The number of methoxy groups -OCH3 is 1. The van der Waals surface area contributed by atoms with Crippen LogP contribution in [0.3, 0.4) is 0 Å². The molecule has 0 spiro atoms. The van der Waals surface area contributed by atoms with Gasteiger partial charge in [0.05, 0.1) is 39.1 Å². The van der Waals surface area contributed by atoms with E-state index in [1.165, 1.54) is 0 Å². The van der Waals surface area contributed by atoms with Crippen LogP contribution in [-0.2, 0) is 20.9 Å². The van der Waals surface area contributed by atoms with E-state index in [0.29, 0.717) is 32.7 Å². The van der Waals surface area contributed by atoms with Crippen molar-refractivity contribution in [1.82, 2.24) is 4.90 Å². The average Bonchev–Trinajstić information content (AvgIpc) is 3.24. The van der Waals surface area contributed by atoms with E-state index in [-0.39, 0.29) is 24.5 Å². The van der Waals surface area contributed by atoms with Gasteiger partial charge in [0.15, 0.2) is 0 Å². The molecule has 7 nitrogen and oxygen atoms in total. The van der Waals surface area contributed by atoms with E-state index in [0.717, 1.165) is 48.4 Å². The number of rotatable bonds is 12. The molecule has 37 heavy (non-hydrogen) atoms. The van der Waals surface area contributed by atoms with E-state index in [2.05, 4.69) is 47.4 Å². The molecule has 1 heterocycles. The zero-order chi connectivity index (χ0) is 26.0. The third kappa shape index (κ3) is 7.65. The van der Waals surface area contributed by atoms with E-state index in [1.54, 1.807) is 7.11 Å². The highest BCUT2D eigenvalue weighted by molar-refractivity contribution is 5.66. The first-order valence-corrected chi connectivity index (χ1v) is 13.3. The Kier molecular flexibility index (Phi) is 10.1. The summed E-state index contributed by atoms with van der Waals surface area (Å²) in [7, 11) is 1.67. The van der Waals surface area contributed by atoms with Gasteiger partial charge in [-0.3, -0.25) is 9.69 Å². The smallest absolute Gasteiger partial charge is 0.303 e. The van der Waals surface area contributed by atoms with Gasteiger partial charge in [0.1, 0.15) is 5.75 Å². The molecule has 2 aromatic rings. The second kappa shape index (κ2) is 13.7. The third-order valence-corrected chi connectivity index (χ3v) is 7.41. The van der Waals surface area contributed by atoms with Crippen molar-refractivity contribution in [2.24, 2.45) is 5.92 Å². The lowest BCUT2D eigenvalue weighted by Crippen LogP contribution is -2.50. The lowest BCUT2D eigenvalue weighted by Gasteiger charge is -2.37. The molecule has 0 radical (unpaired) electrons. The van der Waals surface area contributed by atoms with Crippen molar-refractivity contribution in [1.29, 1.82) is 0 Å². The number of carbonyl (C=O) groups is 1. The maximum atomic E-state index is 11.0. The summed E-state index contributed by atoms with van der Waals surface area (Å²) in [5, 5.41) is 19.9. The molecule has 200 valence electrons. The van der Waals surface area contributed by atoms with E-state index >= 15 is 0 Å². The van der Waals surface area contributed by atoms with E-state index in [4.69, 9.17) is 19.3 Å². The zero-order valence-corrected chi connectivity index (χ0v) is 21.6. The molecule has 2 N–H and O–H groups in total. The predicted molar refractivity (Wildman–Crippen MR) is 143 cm³/mol. The highest BCUT2D eigenvalue weighted by Crippen LogP contribution is 2.36. The van der Waals surface area contributed by atoms with Gasteiger partial charge in [0, 0.05) is 37.9 Å². The van der Waals surface area contributed by atoms with Crippen molar-refractivity contribution in [3.8, 4) is 16.9 Å². The number of carboxylic acids is 1. The van der Waals surface area contributed by atoms with Crippen molar-refractivity contribution in [2.45, 2.75) is 57.0 Å². The summed E-state index contributed by atoms with van der Waals surface area (Å²) < 4.78 is 17.3. The molecule has 1 saturated heterocycles. The maximum Gasteiger partial charge on any atom is 0.303 e. The van der Waals surface area contributed by atoms with Gasteiger partial charge in [-0.2, -0.15) is 0 Å². The lowest BCUT2D eigenvalue weighted by molar-refractivity contribution is -0.137. The fourth-order valence-electron chi connectivity index (χ4n) is 5.47. The number of carboxylic acid groups (broad SMARTS) is 1. The molecule has 7 heteroatoms. The van der Waals surface area contributed by atoms with Gasteiger partial charge in [-0.05, 0) is 48.1 Å². The number of unbranched alkanes of at least 4 members (excludes halogenated alkanes) is 1. The summed E-state index contributed by atoms with van der Waals surface area (Å²) in [5.74, 6) is 0.242. The number of aliphatic carboxylic acids is 1. The molecule has 2 aliphatic rings. The summed E-state index contributed by atoms with van der Waals surface area (Å²) in [6.45, 7) is 3.50. The largest absolute Gasteiger partial charge is 0.497 e. The van der Waals surface area contributed by atoms with Crippen LogP contribution in [0.15, 0.2) is 60.7 Å². The molecule has 4 rings (SSSR count). The van der Waals surface area contributed by atoms with Crippen molar-refractivity contribution < 1.29 is 29.2 Å². The Balaban J connectivity index is 1.39. The average molecular weight is 510 g/mol. The molecule has 2 aromatic carbocycles. The molecular weight excluding hydrogens is 470 g/mol.